The van der Waals surface area contributed by atoms with Gasteiger partial charge in [0, 0.05) is 17.1 Å². The average Bonchev–Trinajstić information content (AvgIpc) is 2.91. The summed E-state index contributed by atoms with van der Waals surface area (Å²) in [6, 6.07) is 4.22. The number of amides is 1. The normalized spacial score (nSPS) is 18.8. The third-order valence-electron chi connectivity index (χ3n) is 4.09. The fourth-order valence-corrected chi connectivity index (χ4v) is 3.59. The summed E-state index contributed by atoms with van der Waals surface area (Å²) in [6.07, 6.45) is 2.37. The number of ether oxygens (including phenoxy) is 1. The van der Waals surface area contributed by atoms with Gasteiger partial charge in [0.2, 0.25) is 0 Å². The highest BCUT2D eigenvalue weighted by atomic mass is 79.9. The molecule has 116 valence electrons. The van der Waals surface area contributed by atoms with Gasteiger partial charge in [-0.2, -0.15) is 0 Å². The van der Waals surface area contributed by atoms with E-state index < -0.39 is 0 Å². The van der Waals surface area contributed by atoms with Gasteiger partial charge >= 0.3 is 0 Å². The minimum Gasteiger partial charge on any atom is -0.496 e. The van der Waals surface area contributed by atoms with Gasteiger partial charge < -0.3 is 10.1 Å². The van der Waals surface area contributed by atoms with E-state index >= 15 is 0 Å². The molecule has 0 aromatic heterocycles. The molecule has 1 unspecified atom stereocenters. The summed E-state index contributed by atoms with van der Waals surface area (Å²) in [5.74, 6) is 0.577. The molecule has 1 heterocycles. The highest BCUT2D eigenvalue weighted by Gasteiger charge is 2.24. The monoisotopic (exact) mass is 354 g/mol. The Labute approximate surface area is 135 Å². The van der Waals surface area contributed by atoms with Crippen LogP contribution in [0.15, 0.2) is 16.6 Å². The maximum atomic E-state index is 12.5. The summed E-state index contributed by atoms with van der Waals surface area (Å²) in [7, 11) is 1.60. The lowest BCUT2D eigenvalue weighted by Crippen LogP contribution is -2.40. The van der Waals surface area contributed by atoms with Gasteiger partial charge in [-0.25, -0.2) is 0 Å². The van der Waals surface area contributed by atoms with Gasteiger partial charge in [-0.3, -0.25) is 9.69 Å². The van der Waals surface area contributed by atoms with Crippen LogP contribution >= 0.6 is 15.9 Å². The van der Waals surface area contributed by atoms with Crippen molar-refractivity contribution in [3.8, 4) is 5.75 Å². The van der Waals surface area contributed by atoms with Crippen molar-refractivity contribution in [3.05, 3.63) is 27.7 Å². The average molecular weight is 355 g/mol. The second-order valence-electron chi connectivity index (χ2n) is 5.44. The summed E-state index contributed by atoms with van der Waals surface area (Å²) < 4.78 is 6.27. The van der Waals surface area contributed by atoms with Crippen molar-refractivity contribution >= 4 is 21.8 Å². The fraction of sp³-hybridized carbons (Fsp3) is 0.562. The van der Waals surface area contributed by atoms with E-state index in [9.17, 15) is 4.79 Å². The summed E-state index contributed by atoms with van der Waals surface area (Å²) in [6.45, 7) is 6.98. The molecule has 1 amide bonds. The zero-order chi connectivity index (χ0) is 15.4. The summed E-state index contributed by atoms with van der Waals surface area (Å²) in [5, 5.41) is 3.05. The number of hydrogen-bond acceptors (Lipinski definition) is 3. The molecule has 4 nitrogen and oxygen atoms in total. The van der Waals surface area contributed by atoms with E-state index in [0.29, 0.717) is 23.9 Å². The van der Waals surface area contributed by atoms with Gasteiger partial charge in [-0.05, 0) is 50.6 Å². The molecule has 1 N–H and O–H groups in total. The molecule has 0 saturated carbocycles. The van der Waals surface area contributed by atoms with Crippen molar-refractivity contribution in [3.63, 3.8) is 0 Å². The third-order valence-corrected chi connectivity index (χ3v) is 4.55. The summed E-state index contributed by atoms with van der Waals surface area (Å²) >= 11 is 3.44. The number of likely N-dealkylation sites (tertiary alicyclic amines) is 1. The number of nitrogens with zero attached hydrogens (tertiary/aromatic N) is 1. The van der Waals surface area contributed by atoms with Crippen LogP contribution in [-0.2, 0) is 0 Å². The molecule has 1 aromatic carbocycles. The van der Waals surface area contributed by atoms with Crippen molar-refractivity contribution < 1.29 is 9.53 Å². The van der Waals surface area contributed by atoms with Gasteiger partial charge in [0.15, 0.2) is 0 Å². The van der Waals surface area contributed by atoms with Crippen molar-refractivity contribution in [2.75, 3.05) is 26.7 Å². The lowest BCUT2D eigenvalue weighted by molar-refractivity contribution is 0.0938. The summed E-state index contributed by atoms with van der Waals surface area (Å²) in [4.78, 5) is 14.9. The molecule has 1 aromatic rings. The molecule has 0 bridgehead atoms. The van der Waals surface area contributed by atoms with Crippen LogP contribution in [0.3, 0.4) is 0 Å². The van der Waals surface area contributed by atoms with E-state index in [1.54, 1.807) is 7.11 Å². The second-order valence-corrected chi connectivity index (χ2v) is 6.35. The predicted octanol–water partition coefficient (Wildman–Crippen LogP) is 2.98. The third kappa shape index (κ3) is 3.77. The van der Waals surface area contributed by atoms with Gasteiger partial charge in [0.05, 0.1) is 12.7 Å². The van der Waals surface area contributed by atoms with Crippen molar-refractivity contribution in [2.24, 2.45) is 0 Å². The Morgan fingerprint density at radius 3 is 2.95 bits per heavy atom. The van der Waals surface area contributed by atoms with E-state index in [-0.39, 0.29) is 5.91 Å². The number of likely N-dealkylation sites (N-methyl/N-ethyl adjacent to an activating group) is 1. The Balaban J connectivity index is 2.07. The number of rotatable bonds is 5. The Kier molecular flexibility index (Phi) is 5.65. The maximum absolute atomic E-state index is 12.5. The Morgan fingerprint density at radius 2 is 2.29 bits per heavy atom. The molecule has 0 radical (unpaired) electrons. The lowest BCUT2D eigenvalue weighted by atomic mass is 10.1. The first-order valence-corrected chi connectivity index (χ1v) is 8.22. The highest BCUT2D eigenvalue weighted by Crippen LogP contribution is 2.27. The molecular formula is C16H23BrN2O2. The molecule has 21 heavy (non-hydrogen) atoms. The molecular weight excluding hydrogens is 332 g/mol. The zero-order valence-corrected chi connectivity index (χ0v) is 14.5. The number of benzene rings is 1. The van der Waals surface area contributed by atoms with Gasteiger partial charge in [-0.15, -0.1) is 0 Å². The molecule has 2 rings (SSSR count). The molecule has 0 aliphatic carbocycles. The van der Waals surface area contributed by atoms with Crippen LogP contribution in [0.1, 0.15) is 35.7 Å². The SMILES string of the molecule is CCN1CCCC1CNC(=O)c1cc(Br)cc(C)c1OC. The first kappa shape index (κ1) is 16.3. The van der Waals surface area contributed by atoms with E-state index in [1.165, 1.54) is 6.42 Å². The molecule has 1 aliphatic rings. The second kappa shape index (κ2) is 7.27. The highest BCUT2D eigenvalue weighted by molar-refractivity contribution is 9.10. The van der Waals surface area contributed by atoms with Crippen LogP contribution in [-0.4, -0.2) is 43.6 Å². The molecule has 1 atom stereocenters. The number of aryl methyl sites for hydroxylation is 1. The molecule has 1 saturated heterocycles. The van der Waals surface area contributed by atoms with Crippen LogP contribution in [0.25, 0.3) is 0 Å². The van der Waals surface area contributed by atoms with Gasteiger partial charge in [-0.1, -0.05) is 22.9 Å². The first-order chi connectivity index (χ1) is 10.1. The lowest BCUT2D eigenvalue weighted by Gasteiger charge is -2.23. The number of hydrogen-bond donors (Lipinski definition) is 1. The molecule has 5 heteroatoms. The first-order valence-electron chi connectivity index (χ1n) is 7.43. The smallest absolute Gasteiger partial charge is 0.255 e. The Morgan fingerprint density at radius 1 is 1.52 bits per heavy atom. The quantitative estimate of drug-likeness (QED) is 0.883. The molecule has 1 aliphatic heterocycles. The number of carbonyl (C=O) groups excluding carboxylic acids is 1. The largest absolute Gasteiger partial charge is 0.496 e. The van der Waals surface area contributed by atoms with E-state index in [1.807, 2.05) is 19.1 Å². The number of nitrogens with one attached hydrogen (secondary N) is 1. The Hall–Kier alpha value is -1.07. The molecule has 0 spiro atoms. The predicted molar refractivity (Wildman–Crippen MR) is 88.0 cm³/mol. The molecule has 1 fully saturated rings. The fourth-order valence-electron chi connectivity index (χ4n) is 3.02. The van der Waals surface area contributed by atoms with Crippen molar-refractivity contribution in [1.29, 1.82) is 0 Å². The van der Waals surface area contributed by atoms with Crippen LogP contribution in [0.2, 0.25) is 0 Å². The van der Waals surface area contributed by atoms with Crippen molar-refractivity contribution in [1.82, 2.24) is 10.2 Å². The van der Waals surface area contributed by atoms with Crippen molar-refractivity contribution in [2.45, 2.75) is 32.7 Å². The minimum absolute atomic E-state index is 0.0702. The van der Waals surface area contributed by atoms with E-state index in [0.717, 1.165) is 29.5 Å². The minimum atomic E-state index is -0.0702. The topological polar surface area (TPSA) is 41.6 Å². The van der Waals surface area contributed by atoms with Crippen LogP contribution in [0, 0.1) is 6.92 Å². The number of carbonyl (C=O) groups is 1. The summed E-state index contributed by atoms with van der Waals surface area (Å²) in [5.41, 5.74) is 1.54. The standard InChI is InChI=1S/C16H23BrN2O2/c1-4-19-7-5-6-13(19)10-18-16(20)14-9-12(17)8-11(2)15(14)21-3/h8-9,13H,4-7,10H2,1-3H3,(H,18,20). The number of methoxy groups -OCH3 is 1. The van der Waals surface area contributed by atoms with E-state index in [2.05, 4.69) is 33.1 Å². The number of halogens is 1. The van der Waals surface area contributed by atoms with Crippen LogP contribution < -0.4 is 10.1 Å². The Bertz CT molecular complexity index is 519. The van der Waals surface area contributed by atoms with Crippen LogP contribution in [0.5, 0.6) is 5.75 Å². The van der Waals surface area contributed by atoms with Gasteiger partial charge in [0.25, 0.3) is 5.91 Å². The van der Waals surface area contributed by atoms with Crippen LogP contribution in [0.4, 0.5) is 0 Å². The maximum Gasteiger partial charge on any atom is 0.255 e. The van der Waals surface area contributed by atoms with Gasteiger partial charge in [0.1, 0.15) is 5.75 Å². The zero-order valence-electron chi connectivity index (χ0n) is 12.9. The van der Waals surface area contributed by atoms with E-state index in [4.69, 9.17) is 4.74 Å².